The van der Waals surface area contributed by atoms with Crippen molar-refractivity contribution >= 4 is 0 Å². The quantitative estimate of drug-likeness (QED) is 0.762. The van der Waals surface area contributed by atoms with Crippen LogP contribution in [0.5, 0.6) is 0 Å². The van der Waals surface area contributed by atoms with Crippen LogP contribution < -0.4 is 5.32 Å². The van der Waals surface area contributed by atoms with Gasteiger partial charge in [-0.1, -0.05) is 6.92 Å². The summed E-state index contributed by atoms with van der Waals surface area (Å²) in [5.74, 6) is -0.616. The van der Waals surface area contributed by atoms with Crippen molar-refractivity contribution in [3.63, 3.8) is 0 Å². The number of hydrogen-bond acceptors (Lipinski definition) is 1. The Hall–Kier alpha value is -1.10. The standard InChI is InChI=1S/C13H15F4N/c1-8-7-18-3-2-12(8)9-4-10(13(15,16)17)6-11(14)5-9/h4-6,8,12,18H,2-3,7H2,1H3. The second kappa shape index (κ2) is 4.88. The fourth-order valence-electron chi connectivity index (χ4n) is 2.50. The van der Waals surface area contributed by atoms with Crippen LogP contribution in [0.25, 0.3) is 0 Å². The van der Waals surface area contributed by atoms with Crippen LogP contribution in [0.15, 0.2) is 18.2 Å². The monoisotopic (exact) mass is 261 g/mol. The molecule has 1 aromatic carbocycles. The van der Waals surface area contributed by atoms with Gasteiger partial charge in [0.1, 0.15) is 5.82 Å². The van der Waals surface area contributed by atoms with Gasteiger partial charge in [0.05, 0.1) is 5.56 Å². The SMILES string of the molecule is CC1CNCCC1c1cc(F)cc(C(F)(F)F)c1. The average Bonchev–Trinajstić information content (AvgIpc) is 2.27. The van der Waals surface area contributed by atoms with Crippen LogP contribution in [0, 0.1) is 11.7 Å². The van der Waals surface area contributed by atoms with Crippen LogP contribution in [0.4, 0.5) is 17.6 Å². The lowest BCUT2D eigenvalue weighted by molar-refractivity contribution is -0.137. The summed E-state index contributed by atoms with van der Waals surface area (Å²) in [4.78, 5) is 0. The fraction of sp³-hybridized carbons (Fsp3) is 0.538. The number of piperidine rings is 1. The van der Waals surface area contributed by atoms with Crippen LogP contribution >= 0.6 is 0 Å². The number of rotatable bonds is 1. The highest BCUT2D eigenvalue weighted by Crippen LogP contribution is 2.35. The first-order valence-corrected chi connectivity index (χ1v) is 5.96. The van der Waals surface area contributed by atoms with Crippen molar-refractivity contribution < 1.29 is 17.6 Å². The molecule has 2 rings (SSSR count). The third-order valence-corrected chi connectivity index (χ3v) is 3.46. The van der Waals surface area contributed by atoms with Gasteiger partial charge in [0.2, 0.25) is 0 Å². The van der Waals surface area contributed by atoms with Crippen molar-refractivity contribution in [1.29, 1.82) is 0 Å². The molecule has 18 heavy (non-hydrogen) atoms. The Labute approximate surface area is 103 Å². The van der Waals surface area contributed by atoms with Gasteiger partial charge >= 0.3 is 6.18 Å². The first kappa shape index (κ1) is 13.3. The van der Waals surface area contributed by atoms with E-state index in [-0.39, 0.29) is 11.8 Å². The molecule has 5 heteroatoms. The van der Waals surface area contributed by atoms with Gasteiger partial charge in [-0.2, -0.15) is 13.2 Å². The Balaban J connectivity index is 2.35. The van der Waals surface area contributed by atoms with Crippen molar-refractivity contribution in [3.05, 3.63) is 35.1 Å². The number of nitrogens with one attached hydrogen (secondary N) is 1. The summed E-state index contributed by atoms with van der Waals surface area (Å²) in [5, 5.41) is 3.18. The van der Waals surface area contributed by atoms with Crippen molar-refractivity contribution in [2.75, 3.05) is 13.1 Å². The molecule has 1 aliphatic heterocycles. The molecule has 0 bridgehead atoms. The minimum Gasteiger partial charge on any atom is -0.316 e. The smallest absolute Gasteiger partial charge is 0.316 e. The van der Waals surface area contributed by atoms with Crippen molar-refractivity contribution in [2.45, 2.75) is 25.4 Å². The number of alkyl halides is 3. The largest absolute Gasteiger partial charge is 0.416 e. The van der Waals surface area contributed by atoms with Gasteiger partial charge < -0.3 is 5.32 Å². The number of hydrogen-bond donors (Lipinski definition) is 1. The van der Waals surface area contributed by atoms with E-state index in [1.54, 1.807) is 0 Å². The van der Waals surface area contributed by atoms with Crippen LogP contribution in [-0.4, -0.2) is 13.1 Å². The highest BCUT2D eigenvalue weighted by Gasteiger charge is 2.33. The summed E-state index contributed by atoms with van der Waals surface area (Å²) in [6.45, 7) is 3.48. The molecule has 0 aromatic heterocycles. The molecular weight excluding hydrogens is 246 g/mol. The Bertz CT molecular complexity index is 427. The molecule has 1 aromatic rings. The molecule has 1 aliphatic rings. The molecule has 2 unspecified atom stereocenters. The average molecular weight is 261 g/mol. The van der Waals surface area contributed by atoms with Crippen LogP contribution in [0.2, 0.25) is 0 Å². The molecule has 1 fully saturated rings. The molecule has 1 saturated heterocycles. The molecule has 1 heterocycles. The second-order valence-corrected chi connectivity index (χ2v) is 4.85. The summed E-state index contributed by atoms with van der Waals surface area (Å²) in [6, 6.07) is 2.85. The van der Waals surface area contributed by atoms with E-state index in [1.807, 2.05) is 6.92 Å². The maximum atomic E-state index is 13.3. The summed E-state index contributed by atoms with van der Waals surface area (Å²) >= 11 is 0. The van der Waals surface area contributed by atoms with Gasteiger partial charge in [-0.25, -0.2) is 4.39 Å². The predicted octanol–water partition coefficient (Wildman–Crippen LogP) is 3.56. The zero-order valence-corrected chi connectivity index (χ0v) is 10.0. The van der Waals surface area contributed by atoms with E-state index in [2.05, 4.69) is 5.32 Å². The zero-order valence-electron chi connectivity index (χ0n) is 10.0. The lowest BCUT2D eigenvalue weighted by Crippen LogP contribution is -2.33. The summed E-state index contributed by atoms with van der Waals surface area (Å²) in [7, 11) is 0. The molecule has 0 aliphatic carbocycles. The Morgan fingerprint density at radius 2 is 1.94 bits per heavy atom. The molecule has 0 spiro atoms. The maximum absolute atomic E-state index is 13.3. The van der Waals surface area contributed by atoms with Crippen molar-refractivity contribution in [2.24, 2.45) is 5.92 Å². The molecule has 0 amide bonds. The van der Waals surface area contributed by atoms with E-state index in [0.717, 1.165) is 25.6 Å². The van der Waals surface area contributed by atoms with Crippen LogP contribution in [0.1, 0.15) is 30.4 Å². The Morgan fingerprint density at radius 3 is 2.56 bits per heavy atom. The van der Waals surface area contributed by atoms with E-state index >= 15 is 0 Å². The molecule has 100 valence electrons. The summed E-state index contributed by atoms with van der Waals surface area (Å²) in [6.07, 6.45) is -3.76. The van der Waals surface area contributed by atoms with Gasteiger partial charge in [-0.05, 0) is 55.1 Å². The molecule has 0 radical (unpaired) electrons. The predicted molar refractivity (Wildman–Crippen MR) is 60.8 cm³/mol. The van der Waals surface area contributed by atoms with Gasteiger partial charge in [0.15, 0.2) is 0 Å². The van der Waals surface area contributed by atoms with Gasteiger partial charge in [0.25, 0.3) is 0 Å². The summed E-state index contributed by atoms with van der Waals surface area (Å²) < 4.78 is 51.2. The first-order valence-electron chi connectivity index (χ1n) is 5.96. The normalized spacial score (nSPS) is 25.2. The highest BCUT2D eigenvalue weighted by atomic mass is 19.4. The Kier molecular flexibility index (Phi) is 3.61. The van der Waals surface area contributed by atoms with Crippen LogP contribution in [-0.2, 0) is 6.18 Å². The van der Waals surface area contributed by atoms with E-state index in [9.17, 15) is 17.6 Å². The molecule has 2 atom stereocenters. The maximum Gasteiger partial charge on any atom is 0.416 e. The van der Waals surface area contributed by atoms with Crippen LogP contribution in [0.3, 0.4) is 0 Å². The molecular formula is C13H15F4N. The molecule has 0 saturated carbocycles. The minimum absolute atomic E-state index is 0.0111. The van der Waals surface area contributed by atoms with E-state index in [1.165, 1.54) is 6.07 Å². The lowest BCUT2D eigenvalue weighted by atomic mass is 9.82. The van der Waals surface area contributed by atoms with Crippen molar-refractivity contribution in [1.82, 2.24) is 5.32 Å². The number of halogens is 4. The van der Waals surface area contributed by atoms with Gasteiger partial charge in [-0.15, -0.1) is 0 Å². The third-order valence-electron chi connectivity index (χ3n) is 3.46. The molecule has 1 N–H and O–H groups in total. The van der Waals surface area contributed by atoms with Gasteiger partial charge in [0, 0.05) is 0 Å². The third kappa shape index (κ3) is 2.83. The zero-order chi connectivity index (χ0) is 13.3. The highest BCUT2D eigenvalue weighted by molar-refractivity contribution is 5.30. The fourth-order valence-corrected chi connectivity index (χ4v) is 2.50. The number of benzene rings is 1. The Morgan fingerprint density at radius 1 is 1.22 bits per heavy atom. The van der Waals surface area contributed by atoms with E-state index < -0.39 is 17.6 Å². The van der Waals surface area contributed by atoms with Gasteiger partial charge in [-0.3, -0.25) is 0 Å². The van der Waals surface area contributed by atoms with E-state index in [4.69, 9.17) is 0 Å². The van der Waals surface area contributed by atoms with E-state index in [0.29, 0.717) is 11.6 Å². The topological polar surface area (TPSA) is 12.0 Å². The lowest BCUT2D eigenvalue weighted by Gasteiger charge is -2.30. The van der Waals surface area contributed by atoms with Crippen molar-refractivity contribution in [3.8, 4) is 0 Å². The second-order valence-electron chi connectivity index (χ2n) is 4.85. The minimum atomic E-state index is -4.49. The first-order chi connectivity index (χ1) is 8.38. The summed E-state index contributed by atoms with van der Waals surface area (Å²) in [5.41, 5.74) is -0.445. The molecule has 1 nitrogen and oxygen atoms in total.